The lowest BCUT2D eigenvalue weighted by atomic mass is 9.96. The Morgan fingerprint density at radius 3 is 2.57 bits per heavy atom. The van der Waals surface area contributed by atoms with Gasteiger partial charge in [0.15, 0.2) is 10.1 Å². The van der Waals surface area contributed by atoms with Crippen LogP contribution >= 0.6 is 46.3 Å². The quantitative estimate of drug-likeness (QED) is 0.0691. The Labute approximate surface area is 257 Å². The van der Waals surface area contributed by atoms with E-state index in [1.54, 1.807) is 29.7 Å². The first-order valence-electron chi connectivity index (χ1n) is 12.6. The molecule has 13 heteroatoms. The van der Waals surface area contributed by atoms with Gasteiger partial charge in [0.1, 0.15) is 17.2 Å². The molecular weight excluding hydrogens is 620 g/mol. The van der Waals surface area contributed by atoms with Gasteiger partial charge in [-0.3, -0.25) is 14.5 Å². The zero-order valence-corrected chi connectivity index (χ0v) is 25.2. The summed E-state index contributed by atoms with van der Waals surface area (Å²) in [6.45, 7) is 3.65. The van der Waals surface area contributed by atoms with E-state index in [4.69, 9.17) is 23.2 Å². The lowest BCUT2D eigenvalue weighted by Gasteiger charge is -2.22. The summed E-state index contributed by atoms with van der Waals surface area (Å²) in [4.78, 5) is 32.8. The number of benzene rings is 2. The Balaban J connectivity index is 1.42. The number of pyridine rings is 1. The van der Waals surface area contributed by atoms with Gasteiger partial charge >= 0.3 is 5.91 Å². The molecule has 0 aliphatic carbocycles. The number of hydrogen-bond donors (Lipinski definition) is 1. The Bertz CT molecular complexity index is 1920. The number of imidazole rings is 1. The van der Waals surface area contributed by atoms with E-state index in [-0.39, 0.29) is 16.4 Å². The Kier molecular flexibility index (Phi) is 7.52. The van der Waals surface area contributed by atoms with Gasteiger partial charge in [-0.1, -0.05) is 70.6 Å². The molecule has 1 unspecified atom stereocenters. The van der Waals surface area contributed by atoms with E-state index in [2.05, 4.69) is 15.2 Å². The van der Waals surface area contributed by atoms with Crippen LogP contribution in [0.15, 0.2) is 70.7 Å². The molecule has 2 aromatic carbocycles. The van der Waals surface area contributed by atoms with Crippen LogP contribution in [0.4, 0.5) is 9.52 Å². The van der Waals surface area contributed by atoms with Gasteiger partial charge in [0.2, 0.25) is 5.13 Å². The molecule has 1 aliphatic heterocycles. The summed E-state index contributed by atoms with van der Waals surface area (Å²) in [6, 6.07) is 13.2. The van der Waals surface area contributed by atoms with Gasteiger partial charge in [0.05, 0.1) is 17.3 Å². The van der Waals surface area contributed by atoms with Gasteiger partial charge < -0.3 is 9.51 Å². The monoisotopic (exact) mass is 639 g/mol. The number of thioether (sulfide) groups is 1. The van der Waals surface area contributed by atoms with Gasteiger partial charge in [-0.15, -0.1) is 10.2 Å². The molecule has 1 fully saturated rings. The number of halogens is 3. The van der Waals surface area contributed by atoms with Gasteiger partial charge in [0.25, 0.3) is 5.78 Å². The predicted molar refractivity (Wildman–Crippen MR) is 162 cm³/mol. The lowest BCUT2D eigenvalue weighted by molar-refractivity contribution is -0.132. The maximum atomic E-state index is 13.9. The highest BCUT2D eigenvalue weighted by molar-refractivity contribution is 8.00. The standard InChI is InChI=1S/C29H20Cl2FN5O3S2/c1-14-4-3-11-36-15(2)22(33-26(14)36)24(38)21-23(16-6-9-19(32)10-7-16)37(27(40)25(21)39)28-34-35-29(42-28)41-13-17-5-8-18(30)12-20(17)31/h3-12,23,38H,13H2,1-2H3/b24-21+. The fraction of sp³-hybridized carbons (Fsp3) is 0.138. The fourth-order valence-electron chi connectivity index (χ4n) is 4.80. The molecule has 0 bridgehead atoms. The van der Waals surface area contributed by atoms with E-state index in [1.807, 2.05) is 25.1 Å². The first-order chi connectivity index (χ1) is 20.1. The largest absolute Gasteiger partial charge is 0.505 e. The number of nitrogens with zero attached hydrogens (tertiary/aromatic N) is 5. The maximum absolute atomic E-state index is 13.9. The molecule has 3 aromatic heterocycles. The minimum absolute atomic E-state index is 0.151. The molecule has 0 radical (unpaired) electrons. The minimum atomic E-state index is -1.09. The zero-order valence-electron chi connectivity index (χ0n) is 22.0. The molecular formula is C29H20Cl2FN5O3S2. The van der Waals surface area contributed by atoms with Crippen molar-refractivity contribution in [3.8, 4) is 0 Å². The topological polar surface area (TPSA) is 101 Å². The van der Waals surface area contributed by atoms with Crippen LogP contribution < -0.4 is 4.90 Å². The maximum Gasteiger partial charge on any atom is 0.301 e. The molecule has 1 aliphatic rings. The molecule has 1 saturated heterocycles. The van der Waals surface area contributed by atoms with Crippen molar-refractivity contribution < 1.29 is 19.1 Å². The summed E-state index contributed by atoms with van der Waals surface area (Å²) in [5.41, 5.74) is 3.31. The Morgan fingerprint density at radius 2 is 1.86 bits per heavy atom. The number of Topliss-reactive ketones (excluding diaryl/α,β-unsaturated/α-hetero) is 1. The highest BCUT2D eigenvalue weighted by Gasteiger charge is 2.48. The van der Waals surface area contributed by atoms with Gasteiger partial charge in [-0.05, 0) is 60.9 Å². The highest BCUT2D eigenvalue weighted by atomic mass is 35.5. The lowest BCUT2D eigenvalue weighted by Crippen LogP contribution is -2.29. The van der Waals surface area contributed by atoms with Crippen LogP contribution in [-0.2, 0) is 15.3 Å². The summed E-state index contributed by atoms with van der Waals surface area (Å²) in [7, 11) is 0. The molecule has 4 heterocycles. The van der Waals surface area contributed by atoms with Crippen LogP contribution in [0.3, 0.4) is 0 Å². The third-order valence-electron chi connectivity index (χ3n) is 6.91. The number of aliphatic hydroxyl groups is 1. The average Bonchev–Trinajstić information content (AvgIpc) is 3.64. The van der Waals surface area contributed by atoms with Crippen LogP contribution in [0.1, 0.15) is 34.1 Å². The first kappa shape index (κ1) is 28.4. The number of rotatable bonds is 6. The second kappa shape index (κ2) is 11.1. The van der Waals surface area contributed by atoms with Gasteiger partial charge in [-0.2, -0.15) is 0 Å². The molecule has 212 valence electrons. The van der Waals surface area contributed by atoms with E-state index >= 15 is 0 Å². The van der Waals surface area contributed by atoms with Crippen LogP contribution in [0.25, 0.3) is 11.4 Å². The molecule has 0 spiro atoms. The van der Waals surface area contributed by atoms with Crippen molar-refractivity contribution in [2.75, 3.05) is 4.90 Å². The number of anilines is 1. The summed E-state index contributed by atoms with van der Waals surface area (Å²) in [5.74, 6) is -2.25. The zero-order chi connectivity index (χ0) is 29.7. The van der Waals surface area contributed by atoms with Crippen molar-refractivity contribution in [3.05, 3.63) is 110 Å². The van der Waals surface area contributed by atoms with Crippen molar-refractivity contribution in [1.29, 1.82) is 0 Å². The number of aliphatic hydroxyl groups excluding tert-OH is 1. The summed E-state index contributed by atoms with van der Waals surface area (Å²) >= 11 is 14.8. The summed E-state index contributed by atoms with van der Waals surface area (Å²) in [5, 5.41) is 21.2. The van der Waals surface area contributed by atoms with Crippen LogP contribution in [0.2, 0.25) is 10.0 Å². The third kappa shape index (κ3) is 4.96. The Hall–Kier alpha value is -3.77. The smallest absolute Gasteiger partial charge is 0.301 e. The minimum Gasteiger partial charge on any atom is -0.505 e. The first-order valence-corrected chi connectivity index (χ1v) is 15.1. The van der Waals surface area contributed by atoms with Crippen molar-refractivity contribution in [1.82, 2.24) is 19.6 Å². The Morgan fingerprint density at radius 1 is 1.10 bits per heavy atom. The molecule has 5 aromatic rings. The van der Waals surface area contributed by atoms with Crippen molar-refractivity contribution in [2.45, 2.75) is 30.0 Å². The second-order valence-electron chi connectivity index (χ2n) is 9.53. The van der Waals surface area contributed by atoms with E-state index < -0.39 is 29.3 Å². The number of aryl methyl sites for hydroxylation is 2. The van der Waals surface area contributed by atoms with Crippen molar-refractivity contribution in [3.63, 3.8) is 0 Å². The molecule has 1 atom stereocenters. The third-order valence-corrected chi connectivity index (χ3v) is 9.60. The number of ketones is 1. The molecule has 42 heavy (non-hydrogen) atoms. The summed E-state index contributed by atoms with van der Waals surface area (Å²) in [6.07, 6.45) is 1.80. The highest BCUT2D eigenvalue weighted by Crippen LogP contribution is 2.44. The van der Waals surface area contributed by atoms with Gasteiger partial charge in [-0.25, -0.2) is 9.37 Å². The van der Waals surface area contributed by atoms with Crippen LogP contribution in [0.5, 0.6) is 0 Å². The number of amides is 1. The second-order valence-corrected chi connectivity index (χ2v) is 12.5. The number of hydrogen-bond acceptors (Lipinski definition) is 8. The normalized spacial score (nSPS) is 16.6. The van der Waals surface area contributed by atoms with E-state index in [0.717, 1.165) is 22.5 Å². The summed E-state index contributed by atoms with van der Waals surface area (Å²) < 4.78 is 16.2. The fourth-order valence-corrected chi connectivity index (χ4v) is 7.23. The van der Waals surface area contributed by atoms with Gasteiger partial charge in [0, 0.05) is 22.0 Å². The number of carbonyl (C=O) groups is 2. The number of fused-ring (bicyclic) bond motifs is 1. The van der Waals surface area contributed by atoms with Crippen molar-refractivity contribution in [2.24, 2.45) is 0 Å². The van der Waals surface area contributed by atoms with E-state index in [0.29, 0.717) is 37.0 Å². The van der Waals surface area contributed by atoms with E-state index in [1.165, 1.54) is 40.9 Å². The molecule has 8 nitrogen and oxygen atoms in total. The molecule has 6 rings (SSSR count). The average molecular weight is 641 g/mol. The number of aromatic nitrogens is 4. The SMILES string of the molecule is Cc1cccn2c(C)c(/C(O)=C3\C(=O)C(=O)N(c4nnc(SCc5ccc(Cl)cc5Cl)s4)C3c3ccc(F)cc3)nc12. The molecule has 1 N–H and O–H groups in total. The predicted octanol–water partition coefficient (Wildman–Crippen LogP) is 7.17. The molecule has 1 amide bonds. The van der Waals surface area contributed by atoms with Crippen molar-refractivity contribution >= 4 is 74.5 Å². The van der Waals surface area contributed by atoms with E-state index in [9.17, 15) is 19.1 Å². The number of carbonyl (C=O) groups excluding carboxylic acids is 2. The van der Waals surface area contributed by atoms with Crippen LogP contribution in [0, 0.1) is 19.7 Å². The molecule has 0 saturated carbocycles. The van der Waals surface area contributed by atoms with Crippen LogP contribution in [-0.4, -0.2) is 36.4 Å².